The zero-order valence-corrected chi connectivity index (χ0v) is 15.0. The Morgan fingerprint density at radius 2 is 1.83 bits per heavy atom. The summed E-state index contributed by atoms with van der Waals surface area (Å²) in [4.78, 5) is 0.112. The van der Waals surface area contributed by atoms with Gasteiger partial charge in [0.2, 0.25) is 10.0 Å². The number of sulfonamides is 1. The van der Waals surface area contributed by atoms with Crippen LogP contribution in [0.4, 0.5) is 0 Å². The molecule has 0 heterocycles. The molecule has 0 spiro atoms. The van der Waals surface area contributed by atoms with Crippen LogP contribution in [0, 0.1) is 6.92 Å². The van der Waals surface area contributed by atoms with Gasteiger partial charge in [0.1, 0.15) is 16.4 Å². The van der Waals surface area contributed by atoms with Gasteiger partial charge in [-0.1, -0.05) is 29.8 Å². The van der Waals surface area contributed by atoms with Gasteiger partial charge in [0, 0.05) is 12.6 Å². The summed E-state index contributed by atoms with van der Waals surface area (Å²) >= 11 is 0. The average molecular weight is 349 g/mol. The smallest absolute Gasteiger partial charge is 0.244 e. The van der Waals surface area contributed by atoms with Gasteiger partial charge in [0.25, 0.3) is 0 Å². The lowest BCUT2D eigenvalue weighted by atomic mass is 10.1. The molecule has 0 amide bonds. The van der Waals surface area contributed by atoms with Crippen molar-refractivity contribution in [1.82, 2.24) is 4.72 Å². The highest BCUT2D eigenvalue weighted by molar-refractivity contribution is 7.89. The third-order valence-corrected chi connectivity index (χ3v) is 5.18. The molecule has 2 aromatic rings. The maximum atomic E-state index is 12.4. The third-order valence-electron chi connectivity index (χ3n) is 3.68. The van der Waals surface area contributed by atoms with Crippen molar-refractivity contribution in [1.29, 1.82) is 0 Å². The standard InChI is InChI=1S/C18H23NO4S/c1-14-6-4-7-15(12-14)8-5-11-19-24(20,21)18-10-9-16(22-2)13-17(18)23-3/h4,6-7,9-10,12-13,19H,5,8,11H2,1-3H3. The summed E-state index contributed by atoms with van der Waals surface area (Å²) in [6, 6.07) is 12.9. The lowest BCUT2D eigenvalue weighted by Gasteiger charge is -2.12. The van der Waals surface area contributed by atoms with Gasteiger partial charge in [-0.15, -0.1) is 0 Å². The van der Waals surface area contributed by atoms with Crippen molar-refractivity contribution in [2.45, 2.75) is 24.7 Å². The van der Waals surface area contributed by atoms with E-state index in [-0.39, 0.29) is 10.6 Å². The number of rotatable bonds is 8. The Morgan fingerprint density at radius 1 is 1.04 bits per heavy atom. The molecule has 0 radical (unpaired) electrons. The fourth-order valence-electron chi connectivity index (χ4n) is 2.44. The molecule has 0 aliphatic carbocycles. The minimum Gasteiger partial charge on any atom is -0.497 e. The van der Waals surface area contributed by atoms with Gasteiger partial charge < -0.3 is 9.47 Å². The number of methoxy groups -OCH3 is 2. The molecule has 0 saturated heterocycles. The molecule has 0 aliphatic heterocycles. The third kappa shape index (κ3) is 4.72. The molecule has 0 bridgehead atoms. The van der Waals surface area contributed by atoms with Crippen LogP contribution in [-0.4, -0.2) is 29.2 Å². The van der Waals surface area contributed by atoms with Crippen molar-refractivity contribution in [2.75, 3.05) is 20.8 Å². The first-order valence-electron chi connectivity index (χ1n) is 7.73. The molecule has 0 atom stereocenters. The number of ether oxygens (including phenoxy) is 2. The fraction of sp³-hybridized carbons (Fsp3) is 0.333. The summed E-state index contributed by atoms with van der Waals surface area (Å²) in [5.74, 6) is 0.811. The monoisotopic (exact) mass is 349 g/mol. The van der Waals surface area contributed by atoms with Gasteiger partial charge in [-0.05, 0) is 37.5 Å². The van der Waals surface area contributed by atoms with Crippen LogP contribution >= 0.6 is 0 Å². The molecule has 0 aliphatic rings. The molecular formula is C18H23NO4S. The summed E-state index contributed by atoms with van der Waals surface area (Å²) in [6.45, 7) is 2.41. The van der Waals surface area contributed by atoms with Gasteiger partial charge in [-0.2, -0.15) is 0 Å². The van der Waals surface area contributed by atoms with Crippen LogP contribution in [0.2, 0.25) is 0 Å². The summed E-state index contributed by atoms with van der Waals surface area (Å²) in [5.41, 5.74) is 2.41. The molecule has 24 heavy (non-hydrogen) atoms. The van der Waals surface area contributed by atoms with Crippen LogP contribution in [0.1, 0.15) is 17.5 Å². The second-order valence-electron chi connectivity index (χ2n) is 5.51. The first-order valence-corrected chi connectivity index (χ1v) is 9.22. The number of hydrogen-bond donors (Lipinski definition) is 1. The van der Waals surface area contributed by atoms with Crippen LogP contribution in [0.5, 0.6) is 11.5 Å². The first kappa shape index (κ1) is 18.3. The maximum absolute atomic E-state index is 12.4. The SMILES string of the molecule is COc1ccc(S(=O)(=O)NCCCc2cccc(C)c2)c(OC)c1. The van der Waals surface area contributed by atoms with E-state index in [9.17, 15) is 8.42 Å². The van der Waals surface area contributed by atoms with Gasteiger partial charge in [0.15, 0.2) is 0 Å². The van der Waals surface area contributed by atoms with E-state index in [1.807, 2.05) is 25.1 Å². The largest absolute Gasteiger partial charge is 0.497 e. The lowest BCUT2D eigenvalue weighted by Crippen LogP contribution is -2.25. The van der Waals surface area contributed by atoms with Crippen LogP contribution in [0.25, 0.3) is 0 Å². The van der Waals surface area contributed by atoms with Gasteiger partial charge in [-0.25, -0.2) is 13.1 Å². The Morgan fingerprint density at radius 3 is 2.50 bits per heavy atom. The van der Waals surface area contributed by atoms with Crippen molar-refractivity contribution in [3.05, 3.63) is 53.6 Å². The number of hydrogen-bond acceptors (Lipinski definition) is 4. The average Bonchev–Trinajstić information content (AvgIpc) is 2.58. The van der Waals surface area contributed by atoms with Gasteiger partial charge >= 0.3 is 0 Å². The van der Waals surface area contributed by atoms with E-state index in [2.05, 4.69) is 10.8 Å². The Balaban J connectivity index is 1.98. The highest BCUT2D eigenvalue weighted by Gasteiger charge is 2.19. The normalized spacial score (nSPS) is 11.3. The van der Waals surface area contributed by atoms with Crippen LogP contribution < -0.4 is 14.2 Å². The molecule has 1 N–H and O–H groups in total. The number of nitrogens with one attached hydrogen (secondary N) is 1. The van der Waals surface area contributed by atoms with Crippen LogP contribution in [0.15, 0.2) is 47.4 Å². The van der Waals surface area contributed by atoms with Gasteiger partial charge in [0.05, 0.1) is 14.2 Å². The maximum Gasteiger partial charge on any atom is 0.244 e. The van der Waals surface area contributed by atoms with Crippen LogP contribution in [-0.2, 0) is 16.4 Å². The second-order valence-corrected chi connectivity index (χ2v) is 7.24. The molecule has 0 saturated carbocycles. The van der Waals surface area contributed by atoms with E-state index in [1.165, 1.54) is 31.4 Å². The quantitative estimate of drug-likeness (QED) is 0.744. The minimum atomic E-state index is -3.62. The highest BCUT2D eigenvalue weighted by Crippen LogP contribution is 2.28. The molecule has 5 nitrogen and oxygen atoms in total. The van der Waals surface area contributed by atoms with Crippen LogP contribution in [0.3, 0.4) is 0 Å². The predicted octanol–water partition coefficient (Wildman–Crippen LogP) is 2.92. The molecular weight excluding hydrogens is 326 g/mol. The Labute approximate surface area is 143 Å². The molecule has 2 aromatic carbocycles. The van der Waals surface area contributed by atoms with Crippen molar-refractivity contribution < 1.29 is 17.9 Å². The van der Waals surface area contributed by atoms with Crippen molar-refractivity contribution in [2.24, 2.45) is 0 Å². The van der Waals surface area contributed by atoms with E-state index in [4.69, 9.17) is 9.47 Å². The predicted molar refractivity (Wildman–Crippen MR) is 94.2 cm³/mol. The van der Waals surface area contributed by atoms with Gasteiger partial charge in [-0.3, -0.25) is 0 Å². The van der Waals surface area contributed by atoms with Crippen molar-refractivity contribution in [3.63, 3.8) is 0 Å². The second kappa shape index (κ2) is 8.17. The van der Waals surface area contributed by atoms with E-state index >= 15 is 0 Å². The van der Waals surface area contributed by atoms with E-state index in [0.717, 1.165) is 12.8 Å². The summed E-state index contributed by atoms with van der Waals surface area (Å²) < 4.78 is 37.8. The summed E-state index contributed by atoms with van der Waals surface area (Å²) in [5, 5.41) is 0. The summed E-state index contributed by atoms with van der Waals surface area (Å²) in [7, 11) is -0.665. The molecule has 2 rings (SSSR count). The molecule has 6 heteroatoms. The summed E-state index contributed by atoms with van der Waals surface area (Å²) in [6.07, 6.45) is 1.55. The van der Waals surface area contributed by atoms with Crippen molar-refractivity contribution >= 4 is 10.0 Å². The lowest BCUT2D eigenvalue weighted by molar-refractivity contribution is 0.386. The van der Waals surface area contributed by atoms with Crippen molar-refractivity contribution in [3.8, 4) is 11.5 Å². The fourth-order valence-corrected chi connectivity index (χ4v) is 3.66. The Bertz CT molecular complexity index is 787. The highest BCUT2D eigenvalue weighted by atomic mass is 32.2. The Hall–Kier alpha value is -2.05. The Kier molecular flexibility index (Phi) is 6.23. The zero-order chi connectivity index (χ0) is 17.6. The minimum absolute atomic E-state index is 0.112. The first-order chi connectivity index (χ1) is 11.5. The molecule has 0 fully saturated rings. The molecule has 130 valence electrons. The van der Waals surface area contributed by atoms with E-state index < -0.39 is 10.0 Å². The van der Waals surface area contributed by atoms with E-state index in [0.29, 0.717) is 12.3 Å². The molecule has 0 unspecified atom stereocenters. The zero-order valence-electron chi connectivity index (χ0n) is 14.2. The number of aryl methyl sites for hydroxylation is 2. The van der Waals surface area contributed by atoms with E-state index in [1.54, 1.807) is 12.1 Å². The molecule has 0 aromatic heterocycles. The topological polar surface area (TPSA) is 64.6 Å². The number of benzene rings is 2.